The number of fused-ring (bicyclic) bond motifs is 1. The number of halogens is 1. The van der Waals surface area contributed by atoms with Crippen molar-refractivity contribution in [3.05, 3.63) is 75.9 Å². The second-order valence-corrected chi connectivity index (χ2v) is 9.47. The summed E-state index contributed by atoms with van der Waals surface area (Å²) in [5.41, 5.74) is 2.01. The SMILES string of the molecule is CC.CC(C)(O)c1ccc(-c2cc(Cl)c3c(c2)CC(CNC(=O)/C=C/c2cccnc2)O3)s1. The summed E-state index contributed by atoms with van der Waals surface area (Å²) in [6.07, 6.45) is 7.08. The van der Waals surface area contributed by atoms with Crippen LogP contribution in [0.5, 0.6) is 5.75 Å². The number of amides is 1. The highest BCUT2D eigenvalue weighted by atomic mass is 35.5. The molecule has 0 saturated carbocycles. The molecule has 33 heavy (non-hydrogen) atoms. The lowest BCUT2D eigenvalue weighted by atomic mass is 10.0. The van der Waals surface area contributed by atoms with Crippen LogP contribution < -0.4 is 10.1 Å². The summed E-state index contributed by atoms with van der Waals surface area (Å²) in [6.45, 7) is 7.94. The molecule has 0 radical (unpaired) electrons. The predicted octanol–water partition coefficient (Wildman–Crippen LogP) is 5.85. The molecule has 4 rings (SSSR count). The van der Waals surface area contributed by atoms with Crippen molar-refractivity contribution >= 4 is 34.9 Å². The van der Waals surface area contributed by atoms with Crippen LogP contribution in [0.3, 0.4) is 0 Å². The molecule has 0 saturated heterocycles. The number of pyridine rings is 1. The van der Waals surface area contributed by atoms with Crippen LogP contribution in [0.2, 0.25) is 5.02 Å². The molecule has 7 heteroatoms. The Morgan fingerprint density at radius 3 is 2.79 bits per heavy atom. The van der Waals surface area contributed by atoms with Crippen LogP contribution in [0.4, 0.5) is 0 Å². The summed E-state index contributed by atoms with van der Waals surface area (Å²) in [5, 5.41) is 13.6. The maximum Gasteiger partial charge on any atom is 0.244 e. The summed E-state index contributed by atoms with van der Waals surface area (Å²) in [4.78, 5) is 18.1. The number of benzene rings is 1. The number of carbonyl (C=O) groups is 1. The summed E-state index contributed by atoms with van der Waals surface area (Å²) in [7, 11) is 0. The van der Waals surface area contributed by atoms with E-state index in [0.717, 1.165) is 26.4 Å². The normalized spacial score (nSPS) is 14.9. The van der Waals surface area contributed by atoms with E-state index in [4.69, 9.17) is 16.3 Å². The minimum Gasteiger partial charge on any atom is -0.486 e. The van der Waals surface area contributed by atoms with Gasteiger partial charge in [-0.25, -0.2) is 0 Å². The summed E-state index contributed by atoms with van der Waals surface area (Å²) in [6, 6.07) is 11.6. The average molecular weight is 485 g/mol. The molecule has 1 aliphatic heterocycles. The number of thiophene rings is 1. The molecule has 3 aromatic rings. The van der Waals surface area contributed by atoms with Gasteiger partial charge in [0.2, 0.25) is 5.91 Å². The Morgan fingerprint density at radius 1 is 1.33 bits per heavy atom. The zero-order valence-corrected chi connectivity index (χ0v) is 20.8. The van der Waals surface area contributed by atoms with Crippen molar-refractivity contribution in [1.82, 2.24) is 10.3 Å². The first-order chi connectivity index (χ1) is 15.8. The van der Waals surface area contributed by atoms with Crippen molar-refractivity contribution < 1.29 is 14.6 Å². The van der Waals surface area contributed by atoms with Crippen LogP contribution in [0, 0.1) is 0 Å². The smallest absolute Gasteiger partial charge is 0.244 e. The van der Waals surface area contributed by atoms with Crippen LogP contribution >= 0.6 is 22.9 Å². The van der Waals surface area contributed by atoms with Gasteiger partial charge in [0, 0.05) is 40.2 Å². The fourth-order valence-corrected chi connectivity index (χ4v) is 4.66. The van der Waals surface area contributed by atoms with Crippen molar-refractivity contribution in [2.45, 2.75) is 45.8 Å². The van der Waals surface area contributed by atoms with E-state index in [1.54, 1.807) is 43.7 Å². The van der Waals surface area contributed by atoms with Gasteiger partial charge in [-0.3, -0.25) is 9.78 Å². The fourth-order valence-electron chi connectivity index (χ4n) is 3.39. The highest BCUT2D eigenvalue weighted by Gasteiger charge is 2.27. The number of aromatic nitrogens is 1. The molecule has 0 aliphatic carbocycles. The molecule has 1 unspecified atom stereocenters. The van der Waals surface area contributed by atoms with Crippen molar-refractivity contribution in [3.63, 3.8) is 0 Å². The first kappa shape index (κ1) is 25.0. The van der Waals surface area contributed by atoms with Crippen LogP contribution in [0.1, 0.15) is 43.7 Å². The molecule has 0 bridgehead atoms. The molecule has 1 amide bonds. The molecule has 2 N–H and O–H groups in total. The molecule has 174 valence electrons. The van der Waals surface area contributed by atoms with Crippen LogP contribution in [-0.2, 0) is 16.8 Å². The zero-order chi connectivity index (χ0) is 24.0. The van der Waals surface area contributed by atoms with Gasteiger partial charge in [-0.15, -0.1) is 11.3 Å². The number of hydrogen-bond donors (Lipinski definition) is 2. The molecular formula is C26H29ClN2O3S. The lowest BCUT2D eigenvalue weighted by Gasteiger charge is -2.14. The number of carbonyl (C=O) groups excluding carboxylic acids is 1. The van der Waals surface area contributed by atoms with Gasteiger partial charge in [0.05, 0.1) is 17.2 Å². The number of aliphatic hydroxyl groups is 1. The average Bonchev–Trinajstić information content (AvgIpc) is 3.46. The van der Waals surface area contributed by atoms with Gasteiger partial charge in [-0.1, -0.05) is 31.5 Å². The quantitative estimate of drug-likeness (QED) is 0.430. The lowest BCUT2D eigenvalue weighted by molar-refractivity contribution is -0.116. The number of nitrogens with zero attached hydrogens (tertiary/aromatic N) is 1. The van der Waals surface area contributed by atoms with Crippen LogP contribution in [0.15, 0.2) is 54.9 Å². The Hall–Kier alpha value is -2.67. The standard InChI is InChI=1S/C24H23ClN2O3S.C2H6/c1-24(2,29)21-7-6-20(31-21)16-10-17-11-18(30-23(17)19(25)12-16)14-27-22(28)8-5-15-4-3-9-26-13-15;1-2/h3-10,12-13,18,29H,11,14H2,1-2H3,(H,27,28);1-2H3/b8-5+;. The minimum atomic E-state index is -0.874. The molecule has 0 spiro atoms. The molecule has 0 fully saturated rings. The van der Waals surface area contributed by atoms with E-state index >= 15 is 0 Å². The molecule has 1 atom stereocenters. The lowest BCUT2D eigenvalue weighted by Crippen LogP contribution is -2.33. The Labute approximate surface area is 204 Å². The topological polar surface area (TPSA) is 71.5 Å². The van der Waals surface area contributed by atoms with Gasteiger partial charge >= 0.3 is 0 Å². The van der Waals surface area contributed by atoms with E-state index in [-0.39, 0.29) is 12.0 Å². The molecule has 1 aromatic carbocycles. The third-order valence-corrected chi connectivity index (χ3v) is 6.69. The van der Waals surface area contributed by atoms with Gasteiger partial charge in [0.15, 0.2) is 0 Å². The summed E-state index contributed by atoms with van der Waals surface area (Å²) < 4.78 is 5.98. The molecular weight excluding hydrogens is 456 g/mol. The van der Waals surface area contributed by atoms with E-state index in [1.165, 1.54) is 6.08 Å². The number of ether oxygens (including phenoxy) is 1. The second-order valence-electron chi connectivity index (χ2n) is 7.98. The fraction of sp³-hybridized carbons (Fsp3) is 0.308. The number of rotatable bonds is 6. The largest absolute Gasteiger partial charge is 0.486 e. The van der Waals surface area contributed by atoms with Crippen LogP contribution in [-0.4, -0.2) is 28.6 Å². The highest BCUT2D eigenvalue weighted by Crippen LogP contribution is 2.42. The van der Waals surface area contributed by atoms with Gasteiger partial charge in [-0.05, 0) is 61.4 Å². The first-order valence-corrected chi connectivity index (χ1v) is 12.2. The van der Waals surface area contributed by atoms with Gasteiger partial charge < -0.3 is 15.2 Å². The van der Waals surface area contributed by atoms with Gasteiger partial charge in [0.25, 0.3) is 0 Å². The maximum absolute atomic E-state index is 12.1. The second kappa shape index (κ2) is 11.0. The molecule has 2 aromatic heterocycles. The van der Waals surface area contributed by atoms with Gasteiger partial charge in [-0.2, -0.15) is 0 Å². The first-order valence-electron chi connectivity index (χ1n) is 11.0. The Morgan fingerprint density at radius 2 is 2.12 bits per heavy atom. The van der Waals surface area contributed by atoms with Crippen molar-refractivity contribution in [2.75, 3.05) is 6.54 Å². The Balaban J connectivity index is 0.00000149. The third-order valence-electron chi connectivity index (χ3n) is 4.96. The van der Waals surface area contributed by atoms with Crippen molar-refractivity contribution in [2.24, 2.45) is 0 Å². The Bertz CT molecular complexity index is 1120. The van der Waals surface area contributed by atoms with E-state index in [9.17, 15) is 9.90 Å². The minimum absolute atomic E-state index is 0.172. The van der Waals surface area contributed by atoms with E-state index in [0.29, 0.717) is 23.7 Å². The van der Waals surface area contributed by atoms with Crippen molar-refractivity contribution in [3.8, 4) is 16.2 Å². The zero-order valence-electron chi connectivity index (χ0n) is 19.3. The molecule has 3 heterocycles. The van der Waals surface area contributed by atoms with Crippen LogP contribution in [0.25, 0.3) is 16.5 Å². The molecule has 1 aliphatic rings. The summed E-state index contributed by atoms with van der Waals surface area (Å²) >= 11 is 8.04. The highest BCUT2D eigenvalue weighted by molar-refractivity contribution is 7.15. The number of nitrogens with one attached hydrogen (secondary N) is 1. The van der Waals surface area contributed by atoms with E-state index in [1.807, 2.05) is 44.2 Å². The monoisotopic (exact) mass is 484 g/mol. The van der Waals surface area contributed by atoms with Gasteiger partial charge in [0.1, 0.15) is 11.9 Å². The Kier molecular flexibility index (Phi) is 8.30. The van der Waals surface area contributed by atoms with E-state index in [2.05, 4.69) is 16.4 Å². The predicted molar refractivity (Wildman–Crippen MR) is 136 cm³/mol. The maximum atomic E-state index is 12.1. The van der Waals surface area contributed by atoms with Crippen molar-refractivity contribution in [1.29, 1.82) is 0 Å². The molecule has 5 nitrogen and oxygen atoms in total. The third kappa shape index (κ3) is 6.44. The number of hydrogen-bond acceptors (Lipinski definition) is 5. The van der Waals surface area contributed by atoms with E-state index < -0.39 is 5.60 Å². The summed E-state index contributed by atoms with van der Waals surface area (Å²) in [5.74, 6) is 0.489.